The number of unbranched alkanes of at least 4 members (excludes halogenated alkanes) is 2. The van der Waals surface area contributed by atoms with Crippen molar-refractivity contribution in [2.45, 2.75) is 85.4 Å². The van der Waals surface area contributed by atoms with Gasteiger partial charge in [-0.3, -0.25) is 9.59 Å². The van der Waals surface area contributed by atoms with Crippen molar-refractivity contribution in [2.75, 3.05) is 58.8 Å². The summed E-state index contributed by atoms with van der Waals surface area (Å²) in [5.74, 6) is 0.487. The zero-order chi connectivity index (χ0) is 40.8. The molecule has 6 rings (SSSR count). The molecule has 0 N–H and O–H groups in total. The summed E-state index contributed by atoms with van der Waals surface area (Å²) in [6.07, 6.45) is 4.94. The van der Waals surface area contributed by atoms with Crippen LogP contribution in [0.15, 0.2) is 66.7 Å². The molecule has 0 unspecified atom stereocenters. The van der Waals surface area contributed by atoms with Crippen molar-refractivity contribution >= 4 is 23.6 Å². The first-order valence-electron chi connectivity index (χ1n) is 20.8. The van der Waals surface area contributed by atoms with Crippen LogP contribution in [0.3, 0.4) is 0 Å². The van der Waals surface area contributed by atoms with Crippen LogP contribution in [-0.2, 0) is 33.0 Å². The predicted molar refractivity (Wildman–Crippen MR) is 229 cm³/mol. The quantitative estimate of drug-likeness (QED) is 0.129. The first-order chi connectivity index (χ1) is 27.4. The lowest BCUT2D eigenvalue weighted by molar-refractivity contribution is 0.0658. The number of nitrogens with zero attached hydrogens (tertiary/aromatic N) is 6. The van der Waals surface area contributed by atoms with Crippen molar-refractivity contribution in [3.8, 4) is 17.0 Å². The first-order valence-corrected chi connectivity index (χ1v) is 20.8. The lowest BCUT2D eigenvalue weighted by atomic mass is 9.90. The largest absolute Gasteiger partial charge is 0.415 e. The van der Waals surface area contributed by atoms with Crippen molar-refractivity contribution in [3.05, 3.63) is 106 Å². The minimum Gasteiger partial charge on any atom is -0.410 e. The Morgan fingerprint density at radius 2 is 1.47 bits per heavy atom. The maximum absolute atomic E-state index is 14.9. The van der Waals surface area contributed by atoms with Crippen LogP contribution >= 0.6 is 0 Å². The summed E-state index contributed by atoms with van der Waals surface area (Å²) in [5, 5.41) is 0. The zero-order valence-electron chi connectivity index (χ0n) is 35.4. The third-order valence-corrected chi connectivity index (χ3v) is 11.9. The fraction of sp³-hybridized carbons (Fsp3) is 0.468. The summed E-state index contributed by atoms with van der Waals surface area (Å²) >= 11 is 0. The van der Waals surface area contributed by atoms with Crippen molar-refractivity contribution in [3.63, 3.8) is 0 Å². The van der Waals surface area contributed by atoms with Crippen LogP contribution in [0, 0.1) is 6.92 Å². The van der Waals surface area contributed by atoms with Crippen LogP contribution in [0.4, 0.5) is 10.5 Å². The van der Waals surface area contributed by atoms with E-state index in [0.717, 1.165) is 97.6 Å². The Balaban J connectivity index is 1.31. The molecular weight excluding hydrogens is 713 g/mol. The smallest absolute Gasteiger partial charge is 0.410 e. The van der Waals surface area contributed by atoms with E-state index in [0.29, 0.717) is 42.9 Å². The van der Waals surface area contributed by atoms with E-state index >= 15 is 0 Å². The normalized spacial score (nSPS) is 15.0. The minimum absolute atomic E-state index is 0.0000974. The summed E-state index contributed by atoms with van der Waals surface area (Å²) in [4.78, 5) is 52.7. The van der Waals surface area contributed by atoms with E-state index < -0.39 is 6.09 Å². The van der Waals surface area contributed by atoms with Crippen LogP contribution in [0.1, 0.15) is 95.1 Å². The molecule has 0 saturated heterocycles. The number of hydrogen-bond donors (Lipinski definition) is 0. The molecule has 1 aromatic heterocycles. The van der Waals surface area contributed by atoms with Crippen LogP contribution in [0.5, 0.6) is 5.75 Å². The lowest BCUT2D eigenvalue weighted by Gasteiger charge is -2.36. The van der Waals surface area contributed by atoms with Gasteiger partial charge in [-0.25, -0.2) is 4.79 Å². The second kappa shape index (κ2) is 18.4. The zero-order valence-corrected chi connectivity index (χ0v) is 35.4. The number of hydrogen-bond acceptors (Lipinski definition) is 6. The van der Waals surface area contributed by atoms with E-state index in [4.69, 9.17) is 4.74 Å². The summed E-state index contributed by atoms with van der Waals surface area (Å²) in [6, 6.07) is 22.1. The van der Waals surface area contributed by atoms with Crippen molar-refractivity contribution < 1.29 is 19.1 Å². The third kappa shape index (κ3) is 9.39. The van der Waals surface area contributed by atoms with Gasteiger partial charge in [-0.1, -0.05) is 51.0 Å². The van der Waals surface area contributed by atoms with E-state index in [1.807, 2.05) is 66.2 Å². The van der Waals surface area contributed by atoms with Gasteiger partial charge in [0.05, 0.1) is 5.56 Å². The number of rotatable bonds is 14. The summed E-state index contributed by atoms with van der Waals surface area (Å²) in [6.45, 7) is 13.0. The molecule has 0 aliphatic carbocycles. The van der Waals surface area contributed by atoms with Gasteiger partial charge >= 0.3 is 6.09 Å². The van der Waals surface area contributed by atoms with E-state index in [-0.39, 0.29) is 17.9 Å². The molecule has 1 atom stereocenters. The Morgan fingerprint density at radius 3 is 2.14 bits per heavy atom. The van der Waals surface area contributed by atoms with Crippen molar-refractivity contribution in [2.24, 2.45) is 7.05 Å². The second-order valence-electron chi connectivity index (χ2n) is 16.3. The number of benzene rings is 3. The molecule has 3 heterocycles. The Morgan fingerprint density at radius 1 is 0.789 bits per heavy atom. The Labute approximate surface area is 340 Å². The van der Waals surface area contributed by atoms with Gasteiger partial charge in [0.2, 0.25) is 0 Å². The van der Waals surface area contributed by atoms with Gasteiger partial charge in [0.1, 0.15) is 5.75 Å². The van der Waals surface area contributed by atoms with Crippen LogP contribution in [-0.4, -0.2) is 102 Å². The third-order valence-electron chi connectivity index (χ3n) is 11.9. The van der Waals surface area contributed by atoms with E-state index in [9.17, 15) is 14.4 Å². The summed E-state index contributed by atoms with van der Waals surface area (Å²) in [7, 11) is 8.16. The van der Waals surface area contributed by atoms with E-state index in [1.165, 1.54) is 5.56 Å². The van der Waals surface area contributed by atoms with Gasteiger partial charge in [0.15, 0.2) is 0 Å². The molecular formula is C47H62N6O4. The van der Waals surface area contributed by atoms with Crippen LogP contribution < -0.4 is 9.64 Å². The molecule has 0 saturated carbocycles. The number of ether oxygens (including phenoxy) is 1. The van der Waals surface area contributed by atoms with E-state index in [1.54, 1.807) is 4.90 Å². The highest BCUT2D eigenvalue weighted by Gasteiger charge is 2.33. The second-order valence-corrected chi connectivity index (χ2v) is 16.3. The fourth-order valence-electron chi connectivity index (χ4n) is 8.03. The SMILES string of the molecule is CCCCN(CCCC)C(=O)c1cc(-c2cc3c(cc2C(=O)N2Cc4ccccc4C[C@H]2C)CN(C(=O)Oc2ccc(N(C)CCN(C)C)cc2)CC3)n(C)c1C. The predicted octanol–water partition coefficient (Wildman–Crippen LogP) is 8.18. The number of aromatic nitrogens is 1. The maximum atomic E-state index is 14.9. The van der Waals surface area contributed by atoms with Crippen molar-refractivity contribution in [1.82, 2.24) is 24.2 Å². The Bertz CT molecular complexity index is 2050. The van der Waals surface area contributed by atoms with E-state index in [2.05, 4.69) is 80.5 Å². The highest BCUT2D eigenvalue weighted by Crippen LogP contribution is 2.36. The van der Waals surface area contributed by atoms with Crippen LogP contribution in [0.2, 0.25) is 0 Å². The first kappa shape index (κ1) is 41.5. The summed E-state index contributed by atoms with van der Waals surface area (Å²) in [5.41, 5.74) is 9.31. The molecule has 10 heteroatoms. The highest BCUT2D eigenvalue weighted by atomic mass is 16.6. The average molecular weight is 775 g/mol. The number of amides is 3. The number of anilines is 1. The number of carbonyl (C=O) groups excluding carboxylic acids is 3. The average Bonchev–Trinajstić information content (AvgIpc) is 3.51. The Kier molecular flexibility index (Phi) is 13.4. The van der Waals surface area contributed by atoms with Gasteiger partial charge in [-0.05, 0) is 118 Å². The van der Waals surface area contributed by atoms with Gasteiger partial charge in [0, 0.05) is 94.2 Å². The summed E-state index contributed by atoms with van der Waals surface area (Å²) < 4.78 is 7.95. The lowest BCUT2D eigenvalue weighted by Crippen LogP contribution is -2.43. The number of fused-ring (bicyclic) bond motifs is 2. The minimum atomic E-state index is -0.413. The molecule has 3 aromatic carbocycles. The molecule has 0 bridgehead atoms. The molecule has 2 aliphatic rings. The van der Waals surface area contributed by atoms with Gasteiger partial charge < -0.3 is 33.8 Å². The molecule has 4 aromatic rings. The molecule has 2 aliphatic heterocycles. The van der Waals surface area contributed by atoms with Crippen LogP contribution in [0.25, 0.3) is 11.3 Å². The molecule has 0 spiro atoms. The number of likely N-dealkylation sites (N-methyl/N-ethyl adjacent to an activating group) is 2. The highest BCUT2D eigenvalue weighted by molar-refractivity contribution is 6.03. The van der Waals surface area contributed by atoms with Gasteiger partial charge in [-0.2, -0.15) is 0 Å². The molecule has 3 amide bonds. The molecule has 57 heavy (non-hydrogen) atoms. The molecule has 10 nitrogen and oxygen atoms in total. The maximum Gasteiger partial charge on any atom is 0.415 e. The molecule has 0 fully saturated rings. The molecule has 304 valence electrons. The molecule has 0 radical (unpaired) electrons. The number of carbonyl (C=O) groups is 3. The monoisotopic (exact) mass is 774 g/mol. The van der Waals surface area contributed by atoms with Gasteiger partial charge in [0.25, 0.3) is 11.8 Å². The van der Waals surface area contributed by atoms with Crippen molar-refractivity contribution in [1.29, 1.82) is 0 Å². The standard InChI is InChI=1S/C47H62N6O4/c1-9-11-22-51(23-12-10-2)45(54)41-30-44(50(8)34(41)4)42-28-36-21-24-52(47(56)57-40-19-17-39(18-20-40)49(7)26-25-48(5)6)31-38(36)29-43(42)46(55)53-32-37-16-14-13-15-35(37)27-33(53)3/h13-20,28-30,33H,9-12,21-27,31-32H2,1-8H3/t33-/m1/s1. The Hall–Kier alpha value is -5.09. The van der Waals surface area contributed by atoms with Gasteiger partial charge in [-0.15, -0.1) is 0 Å². The topological polar surface area (TPSA) is 81.6 Å². The fourth-order valence-corrected chi connectivity index (χ4v) is 8.03.